The molecule has 0 aliphatic heterocycles. The molecule has 2 rings (SSSR count). The molecule has 0 unspecified atom stereocenters. The molecule has 0 aliphatic rings. The van der Waals surface area contributed by atoms with Crippen molar-refractivity contribution in [2.45, 2.75) is 46.6 Å². The van der Waals surface area contributed by atoms with Crippen molar-refractivity contribution in [1.29, 1.82) is 0 Å². The molecule has 0 atom stereocenters. The van der Waals surface area contributed by atoms with Crippen LogP contribution in [-0.2, 0) is 11.3 Å². The summed E-state index contributed by atoms with van der Waals surface area (Å²) >= 11 is 6.43. The maximum Gasteiger partial charge on any atom is 0.262 e. The van der Waals surface area contributed by atoms with Crippen LogP contribution in [0.2, 0.25) is 5.02 Å². The number of hydrogen-bond acceptors (Lipinski definition) is 4. The monoisotopic (exact) mass is 418 g/mol. The zero-order valence-electron chi connectivity index (χ0n) is 17.5. The second kappa shape index (κ2) is 12.3. The molecule has 0 aliphatic carbocycles. The van der Waals surface area contributed by atoms with Gasteiger partial charge in [0.05, 0.1) is 6.61 Å². The van der Waals surface area contributed by atoms with Gasteiger partial charge in [-0.1, -0.05) is 49.1 Å². The van der Waals surface area contributed by atoms with Gasteiger partial charge in [-0.25, -0.2) is 0 Å². The van der Waals surface area contributed by atoms with Crippen molar-refractivity contribution in [3.63, 3.8) is 0 Å². The average molecular weight is 419 g/mol. The Labute approximate surface area is 178 Å². The van der Waals surface area contributed by atoms with E-state index in [1.807, 2.05) is 44.2 Å². The SMILES string of the molecule is CCCCCNCc1cc(OCC)c(OCC(=O)Nc2ccc(C)cc2)cc1Cl. The van der Waals surface area contributed by atoms with Crippen molar-refractivity contribution in [2.24, 2.45) is 0 Å². The Morgan fingerprint density at radius 2 is 1.76 bits per heavy atom. The van der Waals surface area contributed by atoms with Crippen LogP contribution in [0.3, 0.4) is 0 Å². The topological polar surface area (TPSA) is 59.6 Å². The van der Waals surface area contributed by atoms with Crippen molar-refractivity contribution < 1.29 is 14.3 Å². The first-order chi connectivity index (χ1) is 14.0. The number of halogens is 1. The first-order valence-electron chi connectivity index (χ1n) is 10.2. The summed E-state index contributed by atoms with van der Waals surface area (Å²) < 4.78 is 11.4. The molecule has 0 fully saturated rings. The Morgan fingerprint density at radius 1 is 1.03 bits per heavy atom. The lowest BCUT2D eigenvalue weighted by atomic mass is 10.2. The minimum absolute atomic E-state index is 0.126. The highest BCUT2D eigenvalue weighted by Gasteiger charge is 2.13. The van der Waals surface area contributed by atoms with Crippen LogP contribution in [0.5, 0.6) is 11.5 Å². The fourth-order valence-electron chi connectivity index (χ4n) is 2.79. The van der Waals surface area contributed by atoms with E-state index in [9.17, 15) is 4.79 Å². The van der Waals surface area contributed by atoms with Crippen molar-refractivity contribution in [1.82, 2.24) is 5.32 Å². The molecule has 0 radical (unpaired) electrons. The highest BCUT2D eigenvalue weighted by molar-refractivity contribution is 6.31. The normalized spacial score (nSPS) is 10.6. The Bertz CT molecular complexity index is 778. The van der Waals surface area contributed by atoms with Crippen LogP contribution in [0.1, 0.15) is 44.2 Å². The predicted octanol–water partition coefficient (Wildman–Crippen LogP) is 5.34. The molecule has 6 heteroatoms. The van der Waals surface area contributed by atoms with Crippen molar-refractivity contribution in [3.05, 3.63) is 52.5 Å². The Kier molecular flexibility index (Phi) is 9.81. The van der Waals surface area contributed by atoms with Gasteiger partial charge in [0.1, 0.15) is 0 Å². The van der Waals surface area contributed by atoms with E-state index in [1.165, 1.54) is 12.8 Å². The van der Waals surface area contributed by atoms with Crippen LogP contribution in [0.15, 0.2) is 36.4 Å². The van der Waals surface area contributed by atoms with Gasteiger partial charge in [0.25, 0.3) is 5.91 Å². The van der Waals surface area contributed by atoms with E-state index >= 15 is 0 Å². The quantitative estimate of drug-likeness (QED) is 0.456. The van der Waals surface area contributed by atoms with E-state index in [0.29, 0.717) is 29.7 Å². The van der Waals surface area contributed by atoms with Crippen LogP contribution in [0.25, 0.3) is 0 Å². The molecule has 0 saturated heterocycles. The molecule has 2 aromatic rings. The average Bonchev–Trinajstić information content (AvgIpc) is 2.70. The van der Waals surface area contributed by atoms with Gasteiger partial charge >= 0.3 is 0 Å². The number of aryl methyl sites for hydroxylation is 1. The van der Waals surface area contributed by atoms with Gasteiger partial charge in [0.2, 0.25) is 0 Å². The Hall–Kier alpha value is -2.24. The van der Waals surface area contributed by atoms with Crippen molar-refractivity contribution in [2.75, 3.05) is 25.1 Å². The third-order valence-electron chi connectivity index (χ3n) is 4.38. The zero-order valence-corrected chi connectivity index (χ0v) is 18.3. The lowest BCUT2D eigenvalue weighted by Gasteiger charge is -2.15. The van der Waals surface area contributed by atoms with Crippen LogP contribution in [0, 0.1) is 6.92 Å². The van der Waals surface area contributed by atoms with Gasteiger partial charge in [-0.2, -0.15) is 0 Å². The summed E-state index contributed by atoms with van der Waals surface area (Å²) in [5.74, 6) is 0.810. The maximum absolute atomic E-state index is 12.2. The van der Waals surface area contributed by atoms with Gasteiger partial charge < -0.3 is 20.1 Å². The standard InChI is InChI=1S/C23H31ClN2O3/c1-4-6-7-12-25-15-18-13-21(28-5-2)22(14-20(18)24)29-16-23(27)26-19-10-8-17(3)9-11-19/h8-11,13-14,25H,4-7,12,15-16H2,1-3H3,(H,26,27). The number of carbonyl (C=O) groups excluding carboxylic acids is 1. The predicted molar refractivity (Wildman–Crippen MR) is 119 cm³/mol. The molecule has 29 heavy (non-hydrogen) atoms. The number of anilines is 1. The van der Waals surface area contributed by atoms with E-state index in [1.54, 1.807) is 6.07 Å². The molecule has 0 aromatic heterocycles. The summed E-state index contributed by atoms with van der Waals surface area (Å²) in [6.45, 7) is 8.08. The summed E-state index contributed by atoms with van der Waals surface area (Å²) in [6.07, 6.45) is 3.55. The summed E-state index contributed by atoms with van der Waals surface area (Å²) in [6, 6.07) is 11.2. The van der Waals surface area contributed by atoms with Crippen LogP contribution >= 0.6 is 11.6 Å². The van der Waals surface area contributed by atoms with Crippen LogP contribution in [0.4, 0.5) is 5.69 Å². The smallest absolute Gasteiger partial charge is 0.262 e. The Morgan fingerprint density at radius 3 is 2.45 bits per heavy atom. The highest BCUT2D eigenvalue weighted by Crippen LogP contribution is 2.33. The third-order valence-corrected chi connectivity index (χ3v) is 4.73. The minimum atomic E-state index is -0.242. The number of ether oxygens (including phenoxy) is 2. The fourth-order valence-corrected chi connectivity index (χ4v) is 3.01. The molecule has 1 amide bonds. The minimum Gasteiger partial charge on any atom is -0.490 e. The van der Waals surface area contributed by atoms with E-state index < -0.39 is 0 Å². The number of hydrogen-bond donors (Lipinski definition) is 2. The number of nitrogens with one attached hydrogen (secondary N) is 2. The third kappa shape index (κ3) is 7.95. The number of unbranched alkanes of at least 4 members (excludes halogenated alkanes) is 2. The van der Waals surface area contributed by atoms with Gasteiger partial charge in [-0.05, 0) is 50.6 Å². The number of rotatable bonds is 12. The number of amides is 1. The largest absolute Gasteiger partial charge is 0.490 e. The van der Waals surface area contributed by atoms with Crippen LogP contribution < -0.4 is 20.1 Å². The molecule has 0 saturated carbocycles. The molecule has 0 spiro atoms. The van der Waals surface area contributed by atoms with Gasteiger partial charge in [0, 0.05) is 23.3 Å². The molecule has 2 aromatic carbocycles. The summed E-state index contributed by atoms with van der Waals surface area (Å²) in [7, 11) is 0. The van der Waals surface area contributed by atoms with E-state index in [0.717, 1.165) is 29.8 Å². The number of benzene rings is 2. The van der Waals surface area contributed by atoms with Crippen LogP contribution in [-0.4, -0.2) is 25.7 Å². The maximum atomic E-state index is 12.2. The lowest BCUT2D eigenvalue weighted by Crippen LogP contribution is -2.20. The molecular formula is C23H31ClN2O3. The molecule has 5 nitrogen and oxygen atoms in total. The summed E-state index contributed by atoms with van der Waals surface area (Å²) in [5.41, 5.74) is 2.81. The Balaban J connectivity index is 1.96. The first kappa shape index (κ1) is 23.0. The second-order valence-corrected chi connectivity index (χ2v) is 7.32. The molecule has 158 valence electrons. The molecule has 0 heterocycles. The second-order valence-electron chi connectivity index (χ2n) is 6.91. The van der Waals surface area contributed by atoms with Crippen molar-refractivity contribution >= 4 is 23.2 Å². The molecular weight excluding hydrogens is 388 g/mol. The van der Waals surface area contributed by atoms with E-state index in [-0.39, 0.29) is 12.5 Å². The fraction of sp³-hybridized carbons (Fsp3) is 0.435. The zero-order chi connectivity index (χ0) is 21.1. The molecule has 2 N–H and O–H groups in total. The lowest BCUT2D eigenvalue weighted by molar-refractivity contribution is -0.118. The summed E-state index contributed by atoms with van der Waals surface area (Å²) in [5, 5.41) is 6.80. The summed E-state index contributed by atoms with van der Waals surface area (Å²) in [4.78, 5) is 12.2. The number of carbonyl (C=O) groups is 1. The van der Waals surface area contributed by atoms with E-state index in [4.69, 9.17) is 21.1 Å². The van der Waals surface area contributed by atoms with E-state index in [2.05, 4.69) is 17.6 Å². The van der Waals surface area contributed by atoms with Gasteiger partial charge in [-0.3, -0.25) is 4.79 Å². The molecule has 0 bridgehead atoms. The van der Waals surface area contributed by atoms with Crippen molar-refractivity contribution in [3.8, 4) is 11.5 Å². The first-order valence-corrected chi connectivity index (χ1v) is 10.6. The highest BCUT2D eigenvalue weighted by atomic mass is 35.5. The van der Waals surface area contributed by atoms with Gasteiger partial charge in [0.15, 0.2) is 18.1 Å². The van der Waals surface area contributed by atoms with Gasteiger partial charge in [-0.15, -0.1) is 0 Å².